The number of rotatable bonds is 10. The molecule has 2 rings (SSSR count). The second-order valence-electron chi connectivity index (χ2n) is 6.87. The van der Waals surface area contributed by atoms with Crippen molar-refractivity contribution in [2.24, 2.45) is 0 Å². The number of ether oxygens (including phenoxy) is 2. The number of unbranched alkanes of at least 4 members (excludes halogenated alkanes) is 2. The lowest BCUT2D eigenvalue weighted by atomic mass is 10.0. The van der Waals surface area contributed by atoms with Crippen molar-refractivity contribution in [3.05, 3.63) is 51.5 Å². The van der Waals surface area contributed by atoms with Crippen LogP contribution in [0.1, 0.15) is 42.1 Å². The third kappa shape index (κ3) is 6.67. The topological polar surface area (TPSA) is 105 Å². The van der Waals surface area contributed by atoms with Crippen LogP contribution in [-0.2, 0) is 16.0 Å². The van der Waals surface area contributed by atoms with Crippen molar-refractivity contribution in [2.75, 3.05) is 13.7 Å². The molecular formula is C22H25Cl2NO6. The molecule has 7 nitrogen and oxygen atoms in total. The zero-order chi connectivity index (χ0) is 23.0. The molecule has 0 saturated heterocycles. The average molecular weight is 470 g/mol. The zero-order valence-electron chi connectivity index (χ0n) is 17.3. The van der Waals surface area contributed by atoms with Gasteiger partial charge >= 0.3 is 5.97 Å². The molecule has 0 aromatic heterocycles. The molecular weight excluding hydrogens is 445 g/mol. The predicted octanol–water partition coefficient (Wildman–Crippen LogP) is 4.49. The van der Waals surface area contributed by atoms with E-state index in [4.69, 9.17) is 32.7 Å². The van der Waals surface area contributed by atoms with Crippen LogP contribution in [0.4, 0.5) is 0 Å². The Morgan fingerprint density at radius 3 is 2.42 bits per heavy atom. The molecule has 0 aliphatic carbocycles. The molecule has 0 bridgehead atoms. The minimum absolute atomic E-state index is 0.0672. The Kier molecular flexibility index (Phi) is 9.27. The summed E-state index contributed by atoms with van der Waals surface area (Å²) in [6.07, 6.45) is 2.89. The number of benzene rings is 2. The largest absolute Gasteiger partial charge is 0.508 e. The van der Waals surface area contributed by atoms with Crippen LogP contribution in [-0.4, -0.2) is 41.8 Å². The van der Waals surface area contributed by atoms with E-state index in [0.29, 0.717) is 12.2 Å². The van der Waals surface area contributed by atoms with Crippen LogP contribution in [0.5, 0.6) is 17.2 Å². The molecule has 0 heterocycles. The molecule has 2 aromatic carbocycles. The third-order valence-corrected chi connectivity index (χ3v) is 5.19. The van der Waals surface area contributed by atoms with Gasteiger partial charge in [0, 0.05) is 6.42 Å². The van der Waals surface area contributed by atoms with Gasteiger partial charge in [0.25, 0.3) is 5.91 Å². The molecule has 0 spiro atoms. The minimum atomic E-state index is -1.04. The summed E-state index contributed by atoms with van der Waals surface area (Å²) in [7, 11) is 1.20. The average Bonchev–Trinajstić information content (AvgIpc) is 2.76. The van der Waals surface area contributed by atoms with Crippen LogP contribution in [0.3, 0.4) is 0 Å². The van der Waals surface area contributed by atoms with E-state index < -0.39 is 23.7 Å². The highest BCUT2D eigenvalue weighted by Crippen LogP contribution is 2.42. The monoisotopic (exact) mass is 469 g/mol. The number of nitrogens with one attached hydrogen (secondary N) is 1. The summed E-state index contributed by atoms with van der Waals surface area (Å²) in [6.45, 7) is 2.43. The first kappa shape index (κ1) is 24.6. The van der Waals surface area contributed by atoms with E-state index in [1.807, 2.05) is 0 Å². The SMILES string of the molecule is CCCCCOc1c(Cl)cc(C(=O)N[C@@H](Cc2ccc(O)cc2)C(=O)OC)c(O)c1Cl. The van der Waals surface area contributed by atoms with Crippen molar-refractivity contribution in [1.82, 2.24) is 5.32 Å². The van der Waals surface area contributed by atoms with Crippen molar-refractivity contribution in [2.45, 2.75) is 38.6 Å². The predicted molar refractivity (Wildman–Crippen MR) is 118 cm³/mol. The van der Waals surface area contributed by atoms with Crippen LogP contribution in [0.2, 0.25) is 10.0 Å². The maximum absolute atomic E-state index is 12.8. The van der Waals surface area contributed by atoms with E-state index in [9.17, 15) is 19.8 Å². The van der Waals surface area contributed by atoms with Crippen LogP contribution in [0.25, 0.3) is 0 Å². The van der Waals surface area contributed by atoms with E-state index in [-0.39, 0.29) is 33.5 Å². The first-order valence-corrected chi connectivity index (χ1v) is 10.5. The molecule has 9 heteroatoms. The Labute approximate surface area is 190 Å². The Morgan fingerprint density at radius 1 is 1.13 bits per heavy atom. The van der Waals surface area contributed by atoms with Gasteiger partial charge in [-0.2, -0.15) is 0 Å². The highest BCUT2D eigenvalue weighted by atomic mass is 35.5. The minimum Gasteiger partial charge on any atom is -0.508 e. The van der Waals surface area contributed by atoms with E-state index in [2.05, 4.69) is 12.2 Å². The van der Waals surface area contributed by atoms with E-state index in [1.165, 1.54) is 25.3 Å². The number of phenolic OH excluding ortho intramolecular Hbond substituents is 2. The summed E-state index contributed by atoms with van der Waals surface area (Å²) < 4.78 is 10.3. The van der Waals surface area contributed by atoms with Crippen molar-refractivity contribution in [3.63, 3.8) is 0 Å². The number of methoxy groups -OCH3 is 1. The molecule has 31 heavy (non-hydrogen) atoms. The lowest BCUT2D eigenvalue weighted by Crippen LogP contribution is -2.43. The van der Waals surface area contributed by atoms with Gasteiger partial charge in [0.1, 0.15) is 16.8 Å². The van der Waals surface area contributed by atoms with Crippen molar-refractivity contribution in [3.8, 4) is 17.2 Å². The molecule has 0 aliphatic rings. The standard InChI is InChI=1S/C22H25Cl2NO6/c1-3-4-5-10-31-20-16(23)12-15(19(27)18(20)24)21(28)25-17(22(29)30-2)11-13-6-8-14(26)9-7-13/h6-9,12,17,26-27H,3-5,10-11H2,1-2H3,(H,25,28)/t17-/m0/s1. The first-order valence-electron chi connectivity index (χ1n) is 9.78. The first-order chi connectivity index (χ1) is 14.8. The molecule has 0 saturated carbocycles. The number of carbonyl (C=O) groups excluding carboxylic acids is 2. The maximum Gasteiger partial charge on any atom is 0.328 e. The van der Waals surface area contributed by atoms with E-state index >= 15 is 0 Å². The second-order valence-corrected chi connectivity index (χ2v) is 7.66. The van der Waals surface area contributed by atoms with E-state index in [0.717, 1.165) is 19.3 Å². The lowest BCUT2D eigenvalue weighted by Gasteiger charge is -2.18. The quantitative estimate of drug-likeness (QED) is 0.349. The van der Waals surface area contributed by atoms with Crippen molar-refractivity contribution < 1.29 is 29.3 Å². The second kappa shape index (κ2) is 11.7. The molecule has 2 aromatic rings. The van der Waals surface area contributed by atoms with Gasteiger partial charge in [-0.15, -0.1) is 0 Å². The maximum atomic E-state index is 12.8. The van der Waals surface area contributed by atoms with Gasteiger partial charge in [0.05, 0.1) is 24.3 Å². The molecule has 0 unspecified atom stereocenters. The molecule has 3 N–H and O–H groups in total. The Hall–Kier alpha value is -2.64. The van der Waals surface area contributed by atoms with Gasteiger partial charge in [-0.25, -0.2) is 4.79 Å². The fourth-order valence-electron chi connectivity index (χ4n) is 2.86. The zero-order valence-corrected chi connectivity index (χ0v) is 18.8. The summed E-state index contributed by atoms with van der Waals surface area (Å²) in [4.78, 5) is 25.0. The fraction of sp³-hybridized carbons (Fsp3) is 0.364. The highest BCUT2D eigenvalue weighted by molar-refractivity contribution is 6.39. The van der Waals surface area contributed by atoms with Crippen LogP contribution in [0, 0.1) is 0 Å². The number of esters is 1. The van der Waals surface area contributed by atoms with Crippen LogP contribution < -0.4 is 10.1 Å². The number of hydrogen-bond donors (Lipinski definition) is 3. The van der Waals surface area contributed by atoms with Crippen molar-refractivity contribution in [1.29, 1.82) is 0 Å². The van der Waals surface area contributed by atoms with Gasteiger partial charge in [-0.1, -0.05) is 55.1 Å². The normalized spacial score (nSPS) is 11.6. The van der Waals surface area contributed by atoms with Crippen molar-refractivity contribution >= 4 is 35.1 Å². The Balaban J connectivity index is 2.20. The number of aromatic hydroxyl groups is 2. The smallest absolute Gasteiger partial charge is 0.328 e. The molecule has 1 atom stereocenters. The Morgan fingerprint density at radius 2 is 1.81 bits per heavy atom. The summed E-state index contributed by atoms with van der Waals surface area (Å²) in [5.41, 5.74) is 0.486. The number of carbonyl (C=O) groups is 2. The lowest BCUT2D eigenvalue weighted by molar-refractivity contribution is -0.142. The number of amides is 1. The number of phenols is 2. The molecule has 0 radical (unpaired) electrons. The Bertz CT molecular complexity index is 917. The van der Waals surface area contributed by atoms with Crippen LogP contribution >= 0.6 is 23.2 Å². The van der Waals surface area contributed by atoms with Gasteiger partial charge in [0.15, 0.2) is 11.5 Å². The number of halogens is 2. The van der Waals surface area contributed by atoms with Gasteiger partial charge in [-0.3, -0.25) is 4.79 Å². The molecule has 168 valence electrons. The summed E-state index contributed by atoms with van der Waals surface area (Å²) in [6, 6.07) is 6.37. The molecule has 0 aliphatic heterocycles. The van der Waals surface area contributed by atoms with Gasteiger partial charge in [0.2, 0.25) is 0 Å². The summed E-state index contributed by atoms with van der Waals surface area (Å²) in [5, 5.41) is 22.2. The molecule has 1 amide bonds. The van der Waals surface area contributed by atoms with E-state index in [1.54, 1.807) is 12.1 Å². The summed E-state index contributed by atoms with van der Waals surface area (Å²) in [5.74, 6) is -1.75. The highest BCUT2D eigenvalue weighted by Gasteiger charge is 2.26. The molecule has 0 fully saturated rings. The van der Waals surface area contributed by atoms with Gasteiger partial charge in [-0.05, 0) is 30.2 Å². The van der Waals surface area contributed by atoms with Crippen LogP contribution in [0.15, 0.2) is 30.3 Å². The number of hydrogen-bond acceptors (Lipinski definition) is 6. The summed E-state index contributed by atoms with van der Waals surface area (Å²) >= 11 is 12.4. The third-order valence-electron chi connectivity index (χ3n) is 4.56. The fourth-order valence-corrected chi connectivity index (χ4v) is 3.43. The van der Waals surface area contributed by atoms with Gasteiger partial charge < -0.3 is 25.0 Å².